The Morgan fingerprint density at radius 3 is 2.67 bits per heavy atom. The van der Waals surface area contributed by atoms with E-state index in [1.807, 2.05) is 0 Å². The number of rotatable bonds is 2. The molecule has 1 aromatic rings. The van der Waals surface area contributed by atoms with Crippen molar-refractivity contribution in [1.82, 2.24) is 10.2 Å². The lowest BCUT2D eigenvalue weighted by Crippen LogP contribution is -2.48. The topological polar surface area (TPSA) is 49.4 Å². The van der Waals surface area contributed by atoms with E-state index in [9.17, 15) is 14.0 Å². The van der Waals surface area contributed by atoms with Crippen LogP contribution in [0, 0.1) is 5.82 Å². The van der Waals surface area contributed by atoms with Crippen LogP contribution in [0.4, 0.5) is 4.39 Å². The molecule has 1 atom stereocenters. The van der Waals surface area contributed by atoms with Gasteiger partial charge in [0.25, 0.3) is 5.91 Å². The van der Waals surface area contributed by atoms with Gasteiger partial charge in [0, 0.05) is 31.6 Å². The first kappa shape index (κ1) is 12.5. The molecule has 96 valence electrons. The summed E-state index contributed by atoms with van der Waals surface area (Å²) in [7, 11) is 1.72. The Morgan fingerprint density at radius 2 is 2.06 bits per heavy atom. The van der Waals surface area contributed by atoms with Gasteiger partial charge in [-0.05, 0) is 30.7 Å². The predicted octanol–water partition coefficient (Wildman–Crippen LogP) is 1.18. The first-order valence-corrected chi connectivity index (χ1v) is 5.86. The van der Waals surface area contributed by atoms with Crippen LogP contribution in [0.2, 0.25) is 0 Å². The minimum Gasteiger partial charge on any atom is -0.348 e. The smallest absolute Gasteiger partial charge is 0.251 e. The van der Waals surface area contributed by atoms with E-state index < -0.39 is 0 Å². The molecule has 5 heteroatoms. The zero-order chi connectivity index (χ0) is 13.1. The molecule has 0 saturated carbocycles. The summed E-state index contributed by atoms with van der Waals surface area (Å²) in [5.41, 5.74) is 0.427. The van der Waals surface area contributed by atoms with E-state index >= 15 is 0 Å². The third-order valence-corrected chi connectivity index (χ3v) is 3.07. The summed E-state index contributed by atoms with van der Waals surface area (Å²) in [6.45, 7) is 0.520. The van der Waals surface area contributed by atoms with Gasteiger partial charge in [-0.25, -0.2) is 4.39 Å². The first-order valence-electron chi connectivity index (χ1n) is 5.86. The molecular weight excluding hydrogens is 235 g/mol. The minimum absolute atomic E-state index is 0.0368. The lowest BCUT2D eigenvalue weighted by molar-refractivity contribution is -0.132. The van der Waals surface area contributed by atoms with Crippen LogP contribution >= 0.6 is 0 Å². The molecular formula is C13H15FN2O2. The zero-order valence-corrected chi connectivity index (χ0v) is 10.1. The van der Waals surface area contributed by atoms with Crippen molar-refractivity contribution in [1.29, 1.82) is 0 Å². The summed E-state index contributed by atoms with van der Waals surface area (Å²) in [5.74, 6) is -0.500. The van der Waals surface area contributed by atoms with Crippen molar-refractivity contribution in [2.24, 2.45) is 0 Å². The van der Waals surface area contributed by atoms with Crippen LogP contribution in [0.1, 0.15) is 23.2 Å². The highest BCUT2D eigenvalue weighted by Gasteiger charge is 2.24. The maximum absolute atomic E-state index is 12.7. The monoisotopic (exact) mass is 250 g/mol. The molecule has 0 aromatic heterocycles. The van der Waals surface area contributed by atoms with Crippen LogP contribution < -0.4 is 5.32 Å². The number of amides is 2. The highest BCUT2D eigenvalue weighted by Crippen LogP contribution is 2.11. The van der Waals surface area contributed by atoms with Crippen molar-refractivity contribution in [3.05, 3.63) is 35.6 Å². The van der Waals surface area contributed by atoms with E-state index in [-0.39, 0.29) is 23.7 Å². The molecule has 1 fully saturated rings. The summed E-state index contributed by atoms with van der Waals surface area (Å²) in [4.78, 5) is 24.8. The number of halogens is 1. The highest BCUT2D eigenvalue weighted by molar-refractivity contribution is 5.94. The fourth-order valence-corrected chi connectivity index (χ4v) is 2.00. The van der Waals surface area contributed by atoms with Crippen LogP contribution in [-0.4, -0.2) is 36.3 Å². The number of benzene rings is 1. The van der Waals surface area contributed by atoms with E-state index in [1.54, 1.807) is 11.9 Å². The van der Waals surface area contributed by atoms with E-state index in [0.717, 1.165) is 0 Å². The van der Waals surface area contributed by atoms with Gasteiger partial charge in [0.05, 0.1) is 0 Å². The lowest BCUT2D eigenvalue weighted by atomic mass is 10.1. The van der Waals surface area contributed by atoms with Gasteiger partial charge < -0.3 is 10.2 Å². The largest absolute Gasteiger partial charge is 0.348 e. The van der Waals surface area contributed by atoms with Gasteiger partial charge in [-0.2, -0.15) is 0 Å². The number of piperidine rings is 1. The fourth-order valence-electron chi connectivity index (χ4n) is 2.00. The molecule has 0 aliphatic carbocycles. The second kappa shape index (κ2) is 5.16. The van der Waals surface area contributed by atoms with Crippen molar-refractivity contribution < 1.29 is 14.0 Å². The van der Waals surface area contributed by atoms with Gasteiger partial charge in [0.15, 0.2) is 0 Å². The van der Waals surface area contributed by atoms with Crippen molar-refractivity contribution >= 4 is 11.8 Å². The molecule has 2 amide bonds. The van der Waals surface area contributed by atoms with Crippen LogP contribution in [-0.2, 0) is 4.79 Å². The Bertz CT molecular complexity index is 459. The molecule has 1 heterocycles. The van der Waals surface area contributed by atoms with Crippen molar-refractivity contribution in [2.45, 2.75) is 18.9 Å². The molecule has 1 aromatic carbocycles. The predicted molar refractivity (Wildman–Crippen MR) is 64.5 cm³/mol. The van der Waals surface area contributed by atoms with Gasteiger partial charge in [0.1, 0.15) is 5.82 Å². The van der Waals surface area contributed by atoms with Crippen LogP contribution in [0.15, 0.2) is 24.3 Å². The van der Waals surface area contributed by atoms with Crippen molar-refractivity contribution in [2.75, 3.05) is 13.6 Å². The van der Waals surface area contributed by atoms with Gasteiger partial charge in [-0.1, -0.05) is 0 Å². The first-order chi connectivity index (χ1) is 8.56. The van der Waals surface area contributed by atoms with Crippen LogP contribution in [0.3, 0.4) is 0 Å². The maximum atomic E-state index is 12.7. The Hall–Kier alpha value is -1.91. The summed E-state index contributed by atoms with van der Waals surface area (Å²) < 4.78 is 12.7. The van der Waals surface area contributed by atoms with E-state index in [0.29, 0.717) is 24.9 Å². The number of carbonyl (C=O) groups excluding carboxylic acids is 2. The van der Waals surface area contributed by atoms with E-state index in [1.165, 1.54) is 24.3 Å². The highest BCUT2D eigenvalue weighted by atomic mass is 19.1. The van der Waals surface area contributed by atoms with E-state index in [4.69, 9.17) is 0 Å². The van der Waals surface area contributed by atoms with Crippen LogP contribution in [0.5, 0.6) is 0 Å². The summed E-state index contributed by atoms with van der Waals surface area (Å²) in [6.07, 6.45) is 1.10. The fraction of sp³-hybridized carbons (Fsp3) is 0.385. The minimum atomic E-state index is -0.366. The molecule has 1 N–H and O–H groups in total. The molecule has 1 aliphatic rings. The molecule has 0 bridgehead atoms. The third-order valence-electron chi connectivity index (χ3n) is 3.07. The Balaban J connectivity index is 1.95. The average Bonchev–Trinajstić information content (AvgIpc) is 2.34. The van der Waals surface area contributed by atoms with Crippen molar-refractivity contribution in [3.8, 4) is 0 Å². The van der Waals surface area contributed by atoms with Gasteiger partial charge >= 0.3 is 0 Å². The zero-order valence-electron chi connectivity index (χ0n) is 10.1. The number of nitrogens with zero attached hydrogens (tertiary/aromatic N) is 1. The third kappa shape index (κ3) is 2.85. The summed E-state index contributed by atoms with van der Waals surface area (Å²) in [5, 5.41) is 2.85. The number of hydrogen-bond donors (Lipinski definition) is 1. The Kier molecular flexibility index (Phi) is 3.60. The summed E-state index contributed by atoms with van der Waals surface area (Å²) >= 11 is 0. The van der Waals surface area contributed by atoms with Crippen molar-refractivity contribution in [3.63, 3.8) is 0 Å². The molecule has 1 saturated heterocycles. The molecule has 2 rings (SSSR count). The maximum Gasteiger partial charge on any atom is 0.251 e. The lowest BCUT2D eigenvalue weighted by Gasteiger charge is -2.30. The molecule has 0 radical (unpaired) electrons. The second-order valence-electron chi connectivity index (χ2n) is 4.49. The molecule has 0 spiro atoms. The summed E-state index contributed by atoms with van der Waals surface area (Å²) in [6, 6.07) is 5.37. The average molecular weight is 250 g/mol. The standard InChI is InChI=1S/C13H15FN2O2/c1-16-8-11(6-7-12(16)17)15-13(18)9-2-4-10(14)5-3-9/h2-5,11H,6-8H2,1H3,(H,15,18). The SMILES string of the molecule is CN1CC(NC(=O)c2ccc(F)cc2)CCC1=O. The Morgan fingerprint density at radius 1 is 1.39 bits per heavy atom. The number of nitrogens with one attached hydrogen (secondary N) is 1. The molecule has 1 unspecified atom stereocenters. The molecule has 4 nitrogen and oxygen atoms in total. The number of carbonyl (C=O) groups is 2. The van der Waals surface area contributed by atoms with Gasteiger partial charge in [0.2, 0.25) is 5.91 Å². The van der Waals surface area contributed by atoms with Crippen LogP contribution in [0.25, 0.3) is 0 Å². The molecule has 18 heavy (non-hydrogen) atoms. The number of likely N-dealkylation sites (tertiary alicyclic amines) is 1. The molecule has 1 aliphatic heterocycles. The van der Waals surface area contributed by atoms with E-state index in [2.05, 4.69) is 5.32 Å². The normalized spacial score (nSPS) is 19.8. The number of hydrogen-bond acceptors (Lipinski definition) is 2. The quantitative estimate of drug-likeness (QED) is 0.856. The second-order valence-corrected chi connectivity index (χ2v) is 4.49. The van der Waals surface area contributed by atoms with Gasteiger partial charge in [-0.15, -0.1) is 0 Å². The Labute approximate surface area is 105 Å². The number of likely N-dealkylation sites (N-methyl/N-ethyl adjacent to an activating group) is 1. The van der Waals surface area contributed by atoms with Gasteiger partial charge in [-0.3, -0.25) is 9.59 Å².